The number of fused-ring (bicyclic) bond motifs is 3. The van der Waals surface area contributed by atoms with Crippen molar-refractivity contribution in [3.8, 4) is 11.4 Å². The summed E-state index contributed by atoms with van der Waals surface area (Å²) in [6.45, 7) is 0. The van der Waals surface area contributed by atoms with Crippen molar-refractivity contribution in [1.82, 2.24) is 9.55 Å². The normalized spacial score (nSPS) is 13.5. The van der Waals surface area contributed by atoms with Gasteiger partial charge in [-0.05, 0) is 18.2 Å². The van der Waals surface area contributed by atoms with Crippen LogP contribution in [0.4, 0.5) is 0 Å². The Balaban J connectivity index is 2.26. The van der Waals surface area contributed by atoms with Crippen molar-refractivity contribution in [2.45, 2.75) is 10.8 Å². The van der Waals surface area contributed by atoms with Crippen molar-refractivity contribution < 1.29 is 0 Å². The lowest BCUT2D eigenvalue weighted by molar-refractivity contribution is 0.885. The van der Waals surface area contributed by atoms with Gasteiger partial charge in [0, 0.05) is 27.3 Å². The highest BCUT2D eigenvalue weighted by Gasteiger charge is 2.16. The second kappa shape index (κ2) is 3.14. The molecular weight excluding hydrogens is 260 g/mol. The first kappa shape index (κ1) is 8.56. The van der Waals surface area contributed by atoms with Crippen LogP contribution in [-0.4, -0.2) is 9.55 Å². The summed E-state index contributed by atoms with van der Waals surface area (Å²) in [7, 11) is 0. The van der Waals surface area contributed by atoms with Gasteiger partial charge in [0.2, 0.25) is 0 Å². The van der Waals surface area contributed by atoms with E-state index in [2.05, 4.69) is 43.7 Å². The van der Waals surface area contributed by atoms with Gasteiger partial charge in [0.25, 0.3) is 0 Å². The second-order valence-electron chi connectivity index (χ2n) is 3.13. The van der Waals surface area contributed by atoms with E-state index >= 15 is 0 Å². The summed E-state index contributed by atoms with van der Waals surface area (Å²) in [5, 5.41) is 0. The molecule has 0 saturated heterocycles. The van der Waals surface area contributed by atoms with E-state index in [1.165, 1.54) is 10.5 Å². The number of hydrogen-bond donors (Lipinski definition) is 0. The molecule has 70 valence electrons. The fourth-order valence-electron chi connectivity index (χ4n) is 1.60. The summed E-state index contributed by atoms with van der Waals surface area (Å²) in [6.07, 6.45) is 3.88. The van der Waals surface area contributed by atoms with Gasteiger partial charge in [0.1, 0.15) is 5.82 Å². The van der Waals surface area contributed by atoms with E-state index in [9.17, 15) is 0 Å². The smallest absolute Gasteiger partial charge is 0.141 e. The topological polar surface area (TPSA) is 17.8 Å². The van der Waals surface area contributed by atoms with Gasteiger partial charge in [-0.2, -0.15) is 0 Å². The molecule has 2 nitrogen and oxygen atoms in total. The first-order chi connectivity index (χ1) is 6.84. The molecule has 0 fully saturated rings. The Labute approximate surface area is 94.5 Å². The third-order valence-corrected chi connectivity index (χ3v) is 3.81. The number of hydrogen-bond acceptors (Lipinski definition) is 2. The Morgan fingerprint density at radius 3 is 3.29 bits per heavy atom. The number of aromatic nitrogens is 2. The molecule has 0 bridgehead atoms. The number of benzene rings is 1. The molecule has 0 aliphatic carbocycles. The van der Waals surface area contributed by atoms with Crippen molar-refractivity contribution >= 4 is 27.7 Å². The van der Waals surface area contributed by atoms with E-state index in [1.54, 1.807) is 0 Å². The van der Waals surface area contributed by atoms with E-state index in [1.807, 2.05) is 24.2 Å². The van der Waals surface area contributed by atoms with Gasteiger partial charge in [0.05, 0.1) is 5.88 Å². The summed E-state index contributed by atoms with van der Waals surface area (Å²) >= 11 is 5.32. The van der Waals surface area contributed by atoms with Crippen LogP contribution in [0.15, 0.2) is 40.0 Å². The van der Waals surface area contributed by atoms with Crippen LogP contribution in [0, 0.1) is 0 Å². The standard InChI is InChI=1S/C10H7BrN2S/c11-7-1-2-8-9(5-7)14-6-13-4-3-12-10(8)13/h1-5H,6H2. The molecule has 0 N–H and O–H groups in total. The van der Waals surface area contributed by atoms with Crippen molar-refractivity contribution in [2.24, 2.45) is 0 Å². The number of imidazole rings is 1. The molecule has 2 aromatic rings. The van der Waals surface area contributed by atoms with Crippen LogP contribution in [-0.2, 0) is 5.88 Å². The van der Waals surface area contributed by atoms with E-state index in [-0.39, 0.29) is 0 Å². The molecule has 3 rings (SSSR count). The zero-order valence-electron chi connectivity index (χ0n) is 7.27. The molecule has 1 aliphatic heterocycles. The highest BCUT2D eigenvalue weighted by atomic mass is 79.9. The molecule has 0 radical (unpaired) electrons. The maximum atomic E-state index is 4.36. The Kier molecular flexibility index (Phi) is 1.92. The van der Waals surface area contributed by atoms with Gasteiger partial charge in [-0.15, -0.1) is 11.8 Å². The van der Waals surface area contributed by atoms with Gasteiger partial charge in [-0.25, -0.2) is 4.98 Å². The molecule has 0 atom stereocenters. The van der Waals surface area contributed by atoms with Crippen LogP contribution in [0.25, 0.3) is 11.4 Å². The monoisotopic (exact) mass is 266 g/mol. The van der Waals surface area contributed by atoms with Crippen LogP contribution in [0.2, 0.25) is 0 Å². The summed E-state index contributed by atoms with van der Waals surface area (Å²) in [5.41, 5.74) is 1.23. The Hall–Kier alpha value is -0.740. The fourth-order valence-corrected chi connectivity index (χ4v) is 3.12. The van der Waals surface area contributed by atoms with E-state index in [0.717, 1.165) is 16.2 Å². The van der Waals surface area contributed by atoms with Crippen molar-refractivity contribution in [3.05, 3.63) is 35.1 Å². The highest BCUT2D eigenvalue weighted by Crippen LogP contribution is 2.38. The van der Waals surface area contributed by atoms with Gasteiger partial charge in [-0.3, -0.25) is 0 Å². The zero-order valence-corrected chi connectivity index (χ0v) is 9.68. The molecule has 1 aliphatic rings. The van der Waals surface area contributed by atoms with E-state index < -0.39 is 0 Å². The zero-order chi connectivity index (χ0) is 9.54. The third-order valence-electron chi connectivity index (χ3n) is 2.26. The van der Waals surface area contributed by atoms with Crippen molar-refractivity contribution in [1.29, 1.82) is 0 Å². The SMILES string of the molecule is Brc1ccc2c(c1)SCn1ccnc1-2. The number of nitrogens with zero attached hydrogens (tertiary/aromatic N) is 2. The van der Waals surface area contributed by atoms with E-state index in [4.69, 9.17) is 0 Å². The summed E-state index contributed by atoms with van der Waals surface area (Å²) in [5.74, 6) is 2.03. The molecule has 0 spiro atoms. The highest BCUT2D eigenvalue weighted by molar-refractivity contribution is 9.10. The molecule has 0 unspecified atom stereocenters. The average molecular weight is 267 g/mol. The first-order valence-corrected chi connectivity index (χ1v) is 6.06. The number of thioether (sulfide) groups is 1. The number of rotatable bonds is 0. The minimum Gasteiger partial charge on any atom is -0.321 e. The second-order valence-corrected chi connectivity index (χ2v) is 5.04. The maximum Gasteiger partial charge on any atom is 0.141 e. The van der Waals surface area contributed by atoms with Gasteiger partial charge >= 0.3 is 0 Å². The lowest BCUT2D eigenvalue weighted by Gasteiger charge is -2.17. The molecule has 1 aromatic heterocycles. The summed E-state index contributed by atoms with van der Waals surface area (Å²) < 4.78 is 3.30. The van der Waals surface area contributed by atoms with Crippen LogP contribution < -0.4 is 0 Å². The lowest BCUT2D eigenvalue weighted by atomic mass is 10.2. The predicted molar refractivity (Wildman–Crippen MR) is 61.2 cm³/mol. The Morgan fingerprint density at radius 2 is 2.36 bits per heavy atom. The first-order valence-electron chi connectivity index (χ1n) is 4.28. The Morgan fingerprint density at radius 1 is 1.43 bits per heavy atom. The average Bonchev–Trinajstić information content (AvgIpc) is 2.65. The van der Waals surface area contributed by atoms with Crippen LogP contribution in [0.5, 0.6) is 0 Å². The molecule has 2 heterocycles. The summed E-state index contributed by atoms with van der Waals surface area (Å²) in [4.78, 5) is 5.67. The summed E-state index contributed by atoms with van der Waals surface area (Å²) in [6, 6.07) is 6.33. The fraction of sp³-hybridized carbons (Fsp3) is 0.100. The minimum atomic E-state index is 0.957. The number of halogens is 1. The molecule has 4 heteroatoms. The minimum absolute atomic E-state index is 0.957. The Bertz CT molecular complexity index is 493. The molecule has 1 aromatic carbocycles. The van der Waals surface area contributed by atoms with Crippen LogP contribution in [0.1, 0.15) is 0 Å². The molecule has 14 heavy (non-hydrogen) atoms. The largest absolute Gasteiger partial charge is 0.321 e. The van der Waals surface area contributed by atoms with E-state index in [0.29, 0.717) is 0 Å². The van der Waals surface area contributed by atoms with Gasteiger partial charge in [0.15, 0.2) is 0 Å². The molecule has 0 saturated carbocycles. The maximum absolute atomic E-state index is 4.36. The van der Waals surface area contributed by atoms with Crippen molar-refractivity contribution in [3.63, 3.8) is 0 Å². The predicted octanol–water partition coefficient (Wildman–Crippen LogP) is 3.38. The van der Waals surface area contributed by atoms with Crippen LogP contribution >= 0.6 is 27.7 Å². The molecule has 0 amide bonds. The molecular formula is C10H7BrN2S. The third kappa shape index (κ3) is 1.21. The quantitative estimate of drug-likeness (QED) is 0.728. The van der Waals surface area contributed by atoms with Crippen LogP contribution in [0.3, 0.4) is 0 Å². The lowest BCUT2D eigenvalue weighted by Crippen LogP contribution is -2.02. The van der Waals surface area contributed by atoms with Crippen molar-refractivity contribution in [2.75, 3.05) is 0 Å². The van der Waals surface area contributed by atoms with Gasteiger partial charge < -0.3 is 4.57 Å². The van der Waals surface area contributed by atoms with Gasteiger partial charge in [-0.1, -0.05) is 15.9 Å².